The van der Waals surface area contributed by atoms with Gasteiger partial charge in [0.15, 0.2) is 0 Å². The molecule has 0 radical (unpaired) electrons. The van der Waals surface area contributed by atoms with E-state index in [1.54, 1.807) is 18.2 Å². The van der Waals surface area contributed by atoms with E-state index in [2.05, 4.69) is 16.0 Å². The Labute approximate surface area is 152 Å². The number of carbonyl (C=O) groups excluding carboxylic acids is 2. The molecule has 138 valence electrons. The van der Waals surface area contributed by atoms with Crippen LogP contribution >= 0.6 is 0 Å². The van der Waals surface area contributed by atoms with Crippen LogP contribution < -0.4 is 25.4 Å². The first kappa shape index (κ1) is 19.1. The van der Waals surface area contributed by atoms with Crippen LogP contribution in [-0.2, 0) is 4.79 Å². The average Bonchev–Trinajstić information content (AvgIpc) is 2.58. The van der Waals surface area contributed by atoms with Crippen LogP contribution in [0.1, 0.15) is 12.5 Å². The van der Waals surface area contributed by atoms with Crippen molar-refractivity contribution in [3.05, 3.63) is 48.0 Å². The van der Waals surface area contributed by atoms with Crippen molar-refractivity contribution in [3.8, 4) is 11.5 Å². The molecule has 0 atom stereocenters. The van der Waals surface area contributed by atoms with Crippen molar-refractivity contribution in [2.45, 2.75) is 13.8 Å². The number of amides is 3. The topological polar surface area (TPSA) is 88.7 Å². The third kappa shape index (κ3) is 6.01. The summed E-state index contributed by atoms with van der Waals surface area (Å²) in [4.78, 5) is 23.2. The second kappa shape index (κ2) is 9.31. The summed E-state index contributed by atoms with van der Waals surface area (Å²) in [6.45, 7) is 4.09. The highest BCUT2D eigenvalue weighted by atomic mass is 16.5. The predicted octanol–water partition coefficient (Wildman–Crippen LogP) is 3.16. The highest BCUT2D eigenvalue weighted by Gasteiger charge is 2.09. The molecule has 0 unspecified atom stereocenters. The third-order valence-electron chi connectivity index (χ3n) is 3.41. The Kier molecular flexibility index (Phi) is 6.84. The lowest BCUT2D eigenvalue weighted by Gasteiger charge is -2.13. The molecule has 7 nitrogen and oxygen atoms in total. The molecule has 0 aliphatic carbocycles. The number of aryl methyl sites for hydroxylation is 1. The van der Waals surface area contributed by atoms with Crippen molar-refractivity contribution < 1.29 is 19.1 Å². The SMILES string of the molecule is COc1ccc(NC(C)=O)cc1NC(=O)NCCOc1cccc(C)c1. The predicted molar refractivity (Wildman–Crippen MR) is 101 cm³/mol. The molecule has 0 aliphatic rings. The molecule has 0 aromatic heterocycles. The smallest absolute Gasteiger partial charge is 0.319 e. The first-order valence-electron chi connectivity index (χ1n) is 8.18. The fraction of sp³-hybridized carbons (Fsp3) is 0.263. The first-order chi connectivity index (χ1) is 12.5. The number of anilines is 2. The molecule has 2 aromatic carbocycles. The van der Waals surface area contributed by atoms with Gasteiger partial charge in [-0.15, -0.1) is 0 Å². The molecule has 2 rings (SSSR count). The normalized spacial score (nSPS) is 9.96. The Morgan fingerprint density at radius 1 is 1.08 bits per heavy atom. The monoisotopic (exact) mass is 357 g/mol. The van der Waals surface area contributed by atoms with Gasteiger partial charge in [0.1, 0.15) is 18.1 Å². The molecule has 2 aromatic rings. The van der Waals surface area contributed by atoms with Gasteiger partial charge in [0.2, 0.25) is 5.91 Å². The fourth-order valence-electron chi connectivity index (χ4n) is 2.29. The van der Waals surface area contributed by atoms with Crippen LogP contribution in [0.25, 0.3) is 0 Å². The number of rotatable bonds is 7. The second-order valence-corrected chi connectivity index (χ2v) is 5.64. The molecular weight excluding hydrogens is 334 g/mol. The molecule has 0 heterocycles. The van der Waals surface area contributed by atoms with Crippen LogP contribution in [0, 0.1) is 6.92 Å². The van der Waals surface area contributed by atoms with Crippen LogP contribution in [-0.4, -0.2) is 32.2 Å². The number of methoxy groups -OCH3 is 1. The molecule has 26 heavy (non-hydrogen) atoms. The Hall–Kier alpha value is -3.22. The number of hydrogen-bond acceptors (Lipinski definition) is 4. The minimum atomic E-state index is -0.392. The van der Waals surface area contributed by atoms with Crippen LogP contribution in [0.5, 0.6) is 11.5 Å². The number of benzene rings is 2. The van der Waals surface area contributed by atoms with Crippen LogP contribution in [0.3, 0.4) is 0 Å². The van der Waals surface area contributed by atoms with Gasteiger partial charge in [0, 0.05) is 12.6 Å². The molecule has 0 bridgehead atoms. The molecule has 0 aliphatic heterocycles. The van der Waals surface area contributed by atoms with Gasteiger partial charge in [-0.05, 0) is 42.8 Å². The molecule has 3 amide bonds. The van der Waals surface area contributed by atoms with Crippen molar-refractivity contribution in [1.82, 2.24) is 5.32 Å². The summed E-state index contributed by atoms with van der Waals surface area (Å²) < 4.78 is 10.8. The quantitative estimate of drug-likeness (QED) is 0.664. The maximum absolute atomic E-state index is 12.1. The maximum Gasteiger partial charge on any atom is 0.319 e. The lowest BCUT2D eigenvalue weighted by Crippen LogP contribution is -2.32. The number of nitrogens with one attached hydrogen (secondary N) is 3. The van der Waals surface area contributed by atoms with Crippen molar-refractivity contribution in [2.24, 2.45) is 0 Å². The lowest BCUT2D eigenvalue weighted by molar-refractivity contribution is -0.114. The maximum atomic E-state index is 12.1. The third-order valence-corrected chi connectivity index (χ3v) is 3.41. The number of urea groups is 1. The Morgan fingerprint density at radius 3 is 2.58 bits per heavy atom. The molecule has 0 fully saturated rings. The van der Waals surface area contributed by atoms with Gasteiger partial charge in [-0.2, -0.15) is 0 Å². The minimum Gasteiger partial charge on any atom is -0.495 e. The summed E-state index contributed by atoms with van der Waals surface area (Å²) in [6, 6.07) is 12.3. The van der Waals surface area contributed by atoms with E-state index < -0.39 is 6.03 Å². The molecule has 3 N–H and O–H groups in total. The molecule has 7 heteroatoms. The van der Waals surface area contributed by atoms with E-state index in [1.165, 1.54) is 14.0 Å². The van der Waals surface area contributed by atoms with Crippen molar-refractivity contribution in [1.29, 1.82) is 0 Å². The molecule has 0 saturated carbocycles. The minimum absolute atomic E-state index is 0.195. The zero-order valence-electron chi connectivity index (χ0n) is 15.1. The Balaban J connectivity index is 1.85. The van der Waals surface area contributed by atoms with Crippen LogP contribution in [0.2, 0.25) is 0 Å². The van der Waals surface area contributed by atoms with Gasteiger partial charge >= 0.3 is 6.03 Å². The van der Waals surface area contributed by atoms with Gasteiger partial charge in [-0.25, -0.2) is 4.79 Å². The standard InChI is InChI=1S/C19H23N3O4/c1-13-5-4-6-16(11-13)26-10-9-20-19(24)22-17-12-15(21-14(2)23)7-8-18(17)25-3/h4-8,11-12H,9-10H2,1-3H3,(H,21,23)(H2,20,22,24). The zero-order chi connectivity index (χ0) is 18.9. The fourth-order valence-corrected chi connectivity index (χ4v) is 2.29. The van der Waals surface area contributed by atoms with Crippen molar-refractivity contribution >= 4 is 23.3 Å². The van der Waals surface area contributed by atoms with Gasteiger partial charge < -0.3 is 25.4 Å². The molecule has 0 saturated heterocycles. The first-order valence-corrected chi connectivity index (χ1v) is 8.18. The van der Waals surface area contributed by atoms with E-state index in [-0.39, 0.29) is 5.91 Å². The van der Waals surface area contributed by atoms with Crippen LogP contribution in [0.4, 0.5) is 16.2 Å². The van der Waals surface area contributed by atoms with Gasteiger partial charge in [0.05, 0.1) is 19.3 Å². The number of carbonyl (C=O) groups is 2. The van der Waals surface area contributed by atoms with E-state index in [4.69, 9.17) is 9.47 Å². The van der Waals surface area contributed by atoms with E-state index in [1.807, 2.05) is 31.2 Å². The Bertz CT molecular complexity index is 777. The van der Waals surface area contributed by atoms with Gasteiger partial charge in [-0.1, -0.05) is 12.1 Å². The van der Waals surface area contributed by atoms with Gasteiger partial charge in [-0.3, -0.25) is 4.79 Å². The summed E-state index contributed by atoms with van der Waals surface area (Å²) in [5.74, 6) is 1.06. The van der Waals surface area contributed by atoms with E-state index in [0.29, 0.717) is 30.3 Å². The average molecular weight is 357 g/mol. The largest absolute Gasteiger partial charge is 0.495 e. The Morgan fingerprint density at radius 2 is 1.88 bits per heavy atom. The van der Waals surface area contributed by atoms with Crippen molar-refractivity contribution in [3.63, 3.8) is 0 Å². The summed E-state index contributed by atoms with van der Waals surface area (Å²) in [5.41, 5.74) is 2.13. The van der Waals surface area contributed by atoms with E-state index in [9.17, 15) is 9.59 Å². The molecule has 0 spiro atoms. The summed E-state index contributed by atoms with van der Waals surface area (Å²) in [7, 11) is 1.51. The van der Waals surface area contributed by atoms with Gasteiger partial charge in [0.25, 0.3) is 0 Å². The highest BCUT2D eigenvalue weighted by molar-refractivity contribution is 5.94. The van der Waals surface area contributed by atoms with Crippen LogP contribution in [0.15, 0.2) is 42.5 Å². The van der Waals surface area contributed by atoms with E-state index >= 15 is 0 Å². The summed E-state index contributed by atoms with van der Waals surface area (Å²) in [5, 5.41) is 8.07. The molecular formula is C19H23N3O4. The van der Waals surface area contributed by atoms with E-state index in [0.717, 1.165) is 11.3 Å². The van der Waals surface area contributed by atoms with Crippen molar-refractivity contribution in [2.75, 3.05) is 30.9 Å². The number of ether oxygens (including phenoxy) is 2. The summed E-state index contributed by atoms with van der Waals surface area (Å²) in [6.07, 6.45) is 0. The number of hydrogen-bond donors (Lipinski definition) is 3. The zero-order valence-corrected chi connectivity index (χ0v) is 15.1. The second-order valence-electron chi connectivity index (χ2n) is 5.64. The highest BCUT2D eigenvalue weighted by Crippen LogP contribution is 2.27. The lowest BCUT2D eigenvalue weighted by atomic mass is 10.2. The summed E-state index contributed by atoms with van der Waals surface area (Å²) >= 11 is 0.